The van der Waals surface area contributed by atoms with Gasteiger partial charge in [-0.15, -0.1) is 0 Å². The van der Waals surface area contributed by atoms with Crippen molar-refractivity contribution in [1.82, 2.24) is 0 Å². The van der Waals surface area contributed by atoms with Gasteiger partial charge in [0, 0.05) is 5.69 Å². The number of carbonyl (C=O) groups excluding carboxylic acids is 1. The summed E-state index contributed by atoms with van der Waals surface area (Å²) >= 11 is 27.4. The molecule has 0 unspecified atom stereocenters. The van der Waals surface area contributed by atoms with Crippen LogP contribution in [-0.2, 0) is 11.4 Å². The van der Waals surface area contributed by atoms with Gasteiger partial charge in [-0.3, -0.25) is 4.79 Å². The summed E-state index contributed by atoms with van der Waals surface area (Å²) in [6.07, 6.45) is 1.45. The number of nitriles is 1. The predicted octanol–water partition coefficient (Wildman–Crippen LogP) is 8.59. The molecule has 0 radical (unpaired) electrons. The highest BCUT2D eigenvalue weighted by molar-refractivity contribution is 9.10. The topological polar surface area (TPSA) is 71.3 Å². The highest BCUT2D eigenvalue weighted by atomic mass is 79.9. The molecule has 0 aliphatic rings. The number of nitrogens with zero attached hydrogens (tertiary/aromatic N) is 1. The van der Waals surface area contributed by atoms with Gasteiger partial charge in [-0.1, -0.05) is 52.5 Å². The number of benzene rings is 3. The van der Waals surface area contributed by atoms with Gasteiger partial charge in [-0.25, -0.2) is 0 Å². The lowest BCUT2D eigenvalue weighted by molar-refractivity contribution is -0.112. The molecular formula is C25H17BrCl4N2O3. The van der Waals surface area contributed by atoms with Gasteiger partial charge in [0.15, 0.2) is 11.5 Å². The number of halogens is 5. The van der Waals surface area contributed by atoms with Crippen molar-refractivity contribution in [3.63, 3.8) is 0 Å². The van der Waals surface area contributed by atoms with Gasteiger partial charge in [0.05, 0.1) is 31.2 Å². The van der Waals surface area contributed by atoms with Gasteiger partial charge in [-0.2, -0.15) is 5.26 Å². The fourth-order valence-electron chi connectivity index (χ4n) is 2.95. The molecule has 0 aliphatic heterocycles. The average molecular weight is 615 g/mol. The number of hydrogen-bond donors (Lipinski definition) is 1. The lowest BCUT2D eigenvalue weighted by atomic mass is 10.1. The second-order valence-electron chi connectivity index (χ2n) is 7.05. The summed E-state index contributed by atoms with van der Waals surface area (Å²) in [6.45, 7) is 2.44. The summed E-state index contributed by atoms with van der Waals surface area (Å²) in [5.41, 5.74) is 1.68. The van der Waals surface area contributed by atoms with Gasteiger partial charge in [0.1, 0.15) is 18.2 Å². The van der Waals surface area contributed by atoms with Crippen LogP contribution in [0.1, 0.15) is 18.1 Å². The Morgan fingerprint density at radius 3 is 2.31 bits per heavy atom. The van der Waals surface area contributed by atoms with E-state index < -0.39 is 5.91 Å². The van der Waals surface area contributed by atoms with Gasteiger partial charge >= 0.3 is 0 Å². The van der Waals surface area contributed by atoms with Gasteiger partial charge in [-0.05, 0) is 82.5 Å². The van der Waals surface area contributed by atoms with Crippen molar-refractivity contribution in [2.24, 2.45) is 0 Å². The van der Waals surface area contributed by atoms with E-state index in [0.717, 1.165) is 5.56 Å². The predicted molar refractivity (Wildman–Crippen MR) is 145 cm³/mol. The Bertz CT molecular complexity index is 1340. The quantitative estimate of drug-likeness (QED) is 0.204. The third-order valence-corrected chi connectivity index (χ3v) is 6.62. The Kier molecular flexibility index (Phi) is 9.73. The van der Waals surface area contributed by atoms with Crippen LogP contribution >= 0.6 is 62.3 Å². The maximum atomic E-state index is 12.7. The molecule has 10 heteroatoms. The SMILES string of the molecule is CCOc1cc(/C=C(\C#N)C(=O)Nc2ccc(Cl)c(Cl)c2)cc(Br)c1OCc1ccc(Cl)c(Cl)c1. The van der Waals surface area contributed by atoms with Crippen LogP contribution in [0, 0.1) is 11.3 Å². The third kappa shape index (κ3) is 7.30. The first-order chi connectivity index (χ1) is 16.7. The Labute approximate surface area is 231 Å². The van der Waals surface area contributed by atoms with Crippen LogP contribution < -0.4 is 14.8 Å². The Morgan fingerprint density at radius 2 is 1.69 bits per heavy atom. The number of hydrogen-bond acceptors (Lipinski definition) is 4. The molecule has 1 amide bonds. The zero-order valence-electron chi connectivity index (χ0n) is 18.2. The van der Waals surface area contributed by atoms with Crippen molar-refractivity contribution in [3.05, 3.63) is 89.8 Å². The highest BCUT2D eigenvalue weighted by Crippen LogP contribution is 2.38. The smallest absolute Gasteiger partial charge is 0.266 e. The molecule has 0 atom stereocenters. The fourth-order valence-corrected chi connectivity index (χ4v) is 4.14. The summed E-state index contributed by atoms with van der Waals surface area (Å²) in [4.78, 5) is 12.7. The van der Waals surface area contributed by atoms with Crippen molar-refractivity contribution < 1.29 is 14.3 Å². The molecule has 3 rings (SSSR count). The lowest BCUT2D eigenvalue weighted by Gasteiger charge is -2.15. The lowest BCUT2D eigenvalue weighted by Crippen LogP contribution is -2.13. The van der Waals surface area contributed by atoms with Crippen molar-refractivity contribution in [2.45, 2.75) is 13.5 Å². The largest absolute Gasteiger partial charge is 0.490 e. The highest BCUT2D eigenvalue weighted by Gasteiger charge is 2.15. The summed E-state index contributed by atoms with van der Waals surface area (Å²) < 4.78 is 12.3. The zero-order chi connectivity index (χ0) is 25.5. The van der Waals surface area contributed by atoms with Gasteiger partial charge in [0.2, 0.25) is 0 Å². The minimum absolute atomic E-state index is 0.116. The Hall–Kier alpha value is -2.40. The minimum Gasteiger partial charge on any atom is -0.490 e. The maximum absolute atomic E-state index is 12.7. The average Bonchev–Trinajstić information content (AvgIpc) is 2.81. The third-order valence-electron chi connectivity index (χ3n) is 4.55. The summed E-state index contributed by atoms with van der Waals surface area (Å²) in [5, 5.41) is 13.7. The Balaban J connectivity index is 1.85. The summed E-state index contributed by atoms with van der Waals surface area (Å²) in [5.74, 6) is 0.309. The summed E-state index contributed by atoms with van der Waals surface area (Å²) in [6, 6.07) is 15.2. The van der Waals surface area contributed by atoms with E-state index in [-0.39, 0.29) is 17.2 Å². The van der Waals surface area contributed by atoms with Crippen molar-refractivity contribution in [2.75, 3.05) is 11.9 Å². The first kappa shape index (κ1) is 27.2. The van der Waals surface area contributed by atoms with Crippen LogP contribution in [0.25, 0.3) is 6.08 Å². The monoisotopic (exact) mass is 612 g/mol. The molecule has 0 heterocycles. The van der Waals surface area contributed by atoms with E-state index in [4.69, 9.17) is 55.9 Å². The molecular weight excluding hydrogens is 598 g/mol. The molecule has 35 heavy (non-hydrogen) atoms. The van der Waals surface area contributed by atoms with E-state index in [9.17, 15) is 10.1 Å². The van der Waals surface area contributed by atoms with Gasteiger partial charge < -0.3 is 14.8 Å². The van der Waals surface area contributed by atoms with Crippen LogP contribution in [0.4, 0.5) is 5.69 Å². The van der Waals surface area contributed by atoms with E-state index >= 15 is 0 Å². The van der Waals surface area contributed by atoms with Crippen molar-refractivity contribution in [3.8, 4) is 17.6 Å². The second-order valence-corrected chi connectivity index (χ2v) is 9.54. The minimum atomic E-state index is -0.597. The first-order valence-corrected chi connectivity index (χ1v) is 12.4. The fraction of sp³-hybridized carbons (Fsp3) is 0.120. The normalized spacial score (nSPS) is 11.1. The van der Waals surface area contributed by atoms with E-state index in [0.29, 0.717) is 48.9 Å². The standard InChI is InChI=1S/C25H17BrCl4N2O3/c1-2-34-23-10-15(7-16(12-31)25(33)32-17-4-6-20(28)22(30)11-17)8-18(26)24(23)35-13-14-3-5-19(27)21(29)9-14/h3-11H,2,13H2,1H3,(H,32,33)/b16-7+. The summed E-state index contributed by atoms with van der Waals surface area (Å²) in [7, 11) is 0. The van der Waals surface area contributed by atoms with Crippen molar-refractivity contribution in [1.29, 1.82) is 5.26 Å². The number of nitrogens with one attached hydrogen (secondary N) is 1. The molecule has 0 saturated heterocycles. The maximum Gasteiger partial charge on any atom is 0.266 e. The molecule has 180 valence electrons. The number of anilines is 1. The first-order valence-electron chi connectivity index (χ1n) is 10.1. The van der Waals surface area contributed by atoms with Gasteiger partial charge in [0.25, 0.3) is 5.91 Å². The van der Waals surface area contributed by atoms with Crippen LogP contribution in [0.5, 0.6) is 11.5 Å². The molecule has 3 aromatic rings. The van der Waals surface area contributed by atoms with E-state index in [1.54, 1.807) is 36.4 Å². The molecule has 3 aromatic carbocycles. The van der Waals surface area contributed by atoms with E-state index in [1.807, 2.05) is 19.1 Å². The van der Waals surface area contributed by atoms with Crippen molar-refractivity contribution >= 4 is 80.0 Å². The molecule has 0 spiro atoms. The van der Waals surface area contributed by atoms with Crippen LogP contribution in [0.3, 0.4) is 0 Å². The van der Waals surface area contributed by atoms with Crippen LogP contribution in [0.15, 0.2) is 58.6 Å². The number of amides is 1. The molecule has 5 nitrogen and oxygen atoms in total. The number of ether oxygens (including phenoxy) is 2. The number of rotatable bonds is 8. The molecule has 0 aromatic heterocycles. The zero-order valence-corrected chi connectivity index (χ0v) is 22.8. The molecule has 0 aliphatic carbocycles. The second kappa shape index (κ2) is 12.5. The van der Waals surface area contributed by atoms with E-state index in [2.05, 4.69) is 21.2 Å². The number of carbonyl (C=O) groups is 1. The molecule has 0 fully saturated rings. The molecule has 0 saturated carbocycles. The molecule has 0 bridgehead atoms. The van der Waals surface area contributed by atoms with E-state index in [1.165, 1.54) is 12.1 Å². The molecule has 1 N–H and O–H groups in total. The van der Waals surface area contributed by atoms with Crippen LogP contribution in [-0.4, -0.2) is 12.5 Å². The Morgan fingerprint density at radius 1 is 1.00 bits per heavy atom. The van der Waals surface area contributed by atoms with Crippen LogP contribution in [0.2, 0.25) is 20.1 Å².